The molecule has 136 valence electrons. The second kappa shape index (κ2) is 6.62. The van der Waals surface area contributed by atoms with E-state index < -0.39 is 23.4 Å². The number of anilines is 1. The maximum absolute atomic E-state index is 12.7. The molecule has 0 aliphatic heterocycles. The van der Waals surface area contributed by atoms with E-state index in [9.17, 15) is 9.59 Å². The maximum Gasteiger partial charge on any atom is 0.425 e. The summed E-state index contributed by atoms with van der Waals surface area (Å²) in [6.45, 7) is 10.3. The lowest BCUT2D eigenvalue weighted by Gasteiger charge is -2.28. The van der Waals surface area contributed by atoms with Gasteiger partial charge in [-0.3, -0.25) is 0 Å². The van der Waals surface area contributed by atoms with E-state index in [-0.39, 0.29) is 5.82 Å². The average molecular weight is 413 g/mol. The van der Waals surface area contributed by atoms with Crippen LogP contribution in [0.15, 0.2) is 23.1 Å². The molecule has 2 aromatic heterocycles. The first-order valence-corrected chi connectivity index (χ1v) is 8.43. The number of amides is 2. The Kier molecular flexibility index (Phi) is 5.08. The highest BCUT2D eigenvalue weighted by atomic mass is 79.9. The van der Waals surface area contributed by atoms with Gasteiger partial charge in [0.15, 0.2) is 5.82 Å². The van der Waals surface area contributed by atoms with Gasteiger partial charge >= 0.3 is 12.2 Å². The first-order valence-electron chi connectivity index (χ1n) is 7.63. The smallest absolute Gasteiger partial charge is 0.425 e. The van der Waals surface area contributed by atoms with E-state index in [0.29, 0.717) is 10.1 Å². The van der Waals surface area contributed by atoms with Crippen LogP contribution < -0.4 is 4.90 Å². The zero-order chi connectivity index (χ0) is 19.0. The summed E-state index contributed by atoms with van der Waals surface area (Å²) in [6, 6.07) is 3.41. The Hall–Kier alpha value is -2.16. The number of carbonyl (C=O) groups excluding carboxylic acids is 2. The minimum absolute atomic E-state index is 0.0733. The fourth-order valence-electron chi connectivity index (χ4n) is 1.92. The molecular formula is C16H21BrN4O4. The first-order chi connectivity index (χ1) is 11.4. The second-order valence-corrected chi connectivity index (χ2v) is 8.15. The van der Waals surface area contributed by atoms with Crippen molar-refractivity contribution in [2.45, 2.75) is 52.7 Å². The van der Waals surface area contributed by atoms with Crippen LogP contribution in [-0.4, -0.2) is 38.0 Å². The quantitative estimate of drug-likeness (QED) is 0.698. The summed E-state index contributed by atoms with van der Waals surface area (Å²) in [4.78, 5) is 30.2. The van der Waals surface area contributed by atoms with Crippen LogP contribution in [0.4, 0.5) is 15.4 Å². The lowest BCUT2D eigenvalue weighted by atomic mass is 10.2. The van der Waals surface area contributed by atoms with E-state index in [1.54, 1.807) is 53.7 Å². The predicted molar refractivity (Wildman–Crippen MR) is 95.6 cm³/mol. The molecule has 0 aliphatic carbocycles. The number of imide groups is 1. The van der Waals surface area contributed by atoms with E-state index in [4.69, 9.17) is 9.47 Å². The van der Waals surface area contributed by atoms with Gasteiger partial charge in [0.25, 0.3) is 0 Å². The number of halogens is 1. The molecule has 0 aromatic carbocycles. The molecule has 0 aliphatic rings. The molecular weight excluding hydrogens is 392 g/mol. The molecule has 0 bridgehead atoms. The second-order valence-electron chi connectivity index (χ2n) is 7.33. The monoisotopic (exact) mass is 412 g/mol. The van der Waals surface area contributed by atoms with Crippen LogP contribution in [0.5, 0.6) is 0 Å². The standard InChI is InChI=1S/C16H21BrN4O4/c1-15(2,3)24-13(22)20(14(23)25-16(4,5)6)12-10-7-8-11(17)21(10)19-9-18-12/h7-9H,1-6H3. The topological polar surface area (TPSA) is 86.0 Å². The molecule has 8 nitrogen and oxygen atoms in total. The Labute approximate surface area is 154 Å². The number of carbonyl (C=O) groups is 2. The third-order valence-electron chi connectivity index (χ3n) is 2.75. The van der Waals surface area contributed by atoms with Gasteiger partial charge in [-0.25, -0.2) is 19.1 Å². The molecule has 0 spiro atoms. The largest absolute Gasteiger partial charge is 0.443 e. The molecule has 2 amide bonds. The molecule has 0 radical (unpaired) electrons. The summed E-state index contributed by atoms with van der Waals surface area (Å²) in [6.07, 6.45) is -0.506. The van der Waals surface area contributed by atoms with Gasteiger partial charge in [-0.05, 0) is 69.6 Å². The molecule has 9 heteroatoms. The van der Waals surface area contributed by atoms with Crippen molar-refractivity contribution in [3.63, 3.8) is 0 Å². The van der Waals surface area contributed by atoms with E-state index >= 15 is 0 Å². The Morgan fingerprint density at radius 3 is 2.04 bits per heavy atom. The van der Waals surface area contributed by atoms with Crippen LogP contribution >= 0.6 is 15.9 Å². The summed E-state index contributed by atoms with van der Waals surface area (Å²) in [7, 11) is 0. The van der Waals surface area contributed by atoms with Crippen molar-refractivity contribution in [1.29, 1.82) is 0 Å². The van der Waals surface area contributed by atoms with Gasteiger partial charge in [0.05, 0.1) is 0 Å². The Balaban J connectivity index is 2.53. The van der Waals surface area contributed by atoms with Crippen LogP contribution in [0, 0.1) is 0 Å². The molecule has 2 heterocycles. The van der Waals surface area contributed by atoms with Crippen LogP contribution in [0.25, 0.3) is 5.52 Å². The van der Waals surface area contributed by atoms with E-state index in [2.05, 4.69) is 26.0 Å². The van der Waals surface area contributed by atoms with Crippen molar-refractivity contribution < 1.29 is 19.1 Å². The van der Waals surface area contributed by atoms with Gasteiger partial charge in [-0.15, -0.1) is 0 Å². The Bertz CT molecular complexity index is 777. The van der Waals surface area contributed by atoms with Gasteiger partial charge in [-0.1, -0.05) is 0 Å². The Morgan fingerprint density at radius 1 is 1.04 bits per heavy atom. The molecule has 25 heavy (non-hydrogen) atoms. The predicted octanol–water partition coefficient (Wildman–Crippen LogP) is 4.17. The minimum atomic E-state index is -0.875. The summed E-state index contributed by atoms with van der Waals surface area (Å²) < 4.78 is 12.9. The number of hydrogen-bond acceptors (Lipinski definition) is 6. The van der Waals surface area contributed by atoms with Crippen LogP contribution in [0.2, 0.25) is 0 Å². The fourth-order valence-corrected chi connectivity index (χ4v) is 2.34. The highest BCUT2D eigenvalue weighted by molar-refractivity contribution is 9.10. The SMILES string of the molecule is CC(C)(C)OC(=O)N(C(=O)OC(C)(C)C)c1ncnn2c(Br)ccc12. The van der Waals surface area contributed by atoms with E-state index in [0.717, 1.165) is 4.90 Å². The zero-order valence-corrected chi connectivity index (χ0v) is 16.6. The molecule has 2 rings (SSSR count). The zero-order valence-electron chi connectivity index (χ0n) is 15.0. The van der Waals surface area contributed by atoms with Crippen molar-refractivity contribution in [3.8, 4) is 0 Å². The number of ether oxygens (including phenoxy) is 2. The van der Waals surface area contributed by atoms with Gasteiger partial charge < -0.3 is 9.47 Å². The first kappa shape index (κ1) is 19.2. The number of fused-ring (bicyclic) bond motifs is 1. The Morgan fingerprint density at radius 2 is 1.56 bits per heavy atom. The summed E-state index contributed by atoms with van der Waals surface area (Å²) in [5.74, 6) is 0.0733. The van der Waals surface area contributed by atoms with Crippen molar-refractivity contribution in [1.82, 2.24) is 14.6 Å². The van der Waals surface area contributed by atoms with Gasteiger partial charge in [0, 0.05) is 0 Å². The maximum atomic E-state index is 12.7. The number of hydrogen-bond donors (Lipinski definition) is 0. The van der Waals surface area contributed by atoms with Crippen molar-refractivity contribution >= 4 is 39.5 Å². The molecule has 0 N–H and O–H groups in total. The van der Waals surface area contributed by atoms with Crippen molar-refractivity contribution in [2.24, 2.45) is 0 Å². The number of aromatic nitrogens is 3. The van der Waals surface area contributed by atoms with Crippen molar-refractivity contribution in [3.05, 3.63) is 23.1 Å². The van der Waals surface area contributed by atoms with E-state index in [1.807, 2.05) is 0 Å². The third-order valence-corrected chi connectivity index (χ3v) is 3.35. The summed E-state index contributed by atoms with van der Waals surface area (Å²) in [5, 5.41) is 4.08. The van der Waals surface area contributed by atoms with Crippen LogP contribution in [0.1, 0.15) is 41.5 Å². The number of nitrogens with zero attached hydrogens (tertiary/aromatic N) is 4. The molecule has 0 atom stereocenters. The van der Waals surface area contributed by atoms with E-state index in [1.165, 1.54) is 10.8 Å². The van der Waals surface area contributed by atoms with Crippen LogP contribution in [-0.2, 0) is 9.47 Å². The molecule has 0 unspecified atom stereocenters. The summed E-state index contributed by atoms with van der Waals surface area (Å²) >= 11 is 3.34. The summed E-state index contributed by atoms with van der Waals surface area (Å²) in [5.41, 5.74) is -1.13. The van der Waals surface area contributed by atoms with Crippen LogP contribution in [0.3, 0.4) is 0 Å². The highest BCUT2D eigenvalue weighted by Crippen LogP contribution is 2.26. The fraction of sp³-hybridized carbons (Fsp3) is 0.500. The minimum Gasteiger partial charge on any atom is -0.443 e. The number of rotatable bonds is 1. The normalized spacial score (nSPS) is 12.1. The molecule has 2 aromatic rings. The van der Waals surface area contributed by atoms with Crippen molar-refractivity contribution in [2.75, 3.05) is 4.90 Å². The lowest BCUT2D eigenvalue weighted by Crippen LogP contribution is -2.44. The lowest BCUT2D eigenvalue weighted by molar-refractivity contribution is 0.0429. The molecule has 0 saturated carbocycles. The molecule has 0 saturated heterocycles. The van der Waals surface area contributed by atoms with Gasteiger partial charge in [0.2, 0.25) is 0 Å². The third kappa shape index (κ3) is 4.68. The van der Waals surface area contributed by atoms with Gasteiger partial charge in [-0.2, -0.15) is 10.00 Å². The van der Waals surface area contributed by atoms with Gasteiger partial charge in [0.1, 0.15) is 27.6 Å². The average Bonchev–Trinajstić information content (AvgIpc) is 2.77. The highest BCUT2D eigenvalue weighted by Gasteiger charge is 2.35. The molecule has 0 fully saturated rings.